The van der Waals surface area contributed by atoms with Gasteiger partial charge in [0.05, 0.1) is 12.1 Å². The van der Waals surface area contributed by atoms with Gasteiger partial charge in [-0.2, -0.15) is 0 Å². The van der Waals surface area contributed by atoms with Crippen LogP contribution in [0.15, 0.2) is 24.3 Å². The minimum atomic E-state index is 0.0858. The molecular formula is C17H26N2O. The van der Waals surface area contributed by atoms with Crippen molar-refractivity contribution in [2.45, 2.75) is 44.7 Å². The standard InChI is InChI=1S/C17H26N2O/c1-2-5-13-8-10-19(11-9-13)15-12-20-16-7-4-3-6-14(16)17(15)18/h3-4,6-7,13,15,17H,2,5,8-12,18H2,1H3. The maximum Gasteiger partial charge on any atom is 0.124 e. The quantitative estimate of drug-likeness (QED) is 0.921. The van der Waals surface area contributed by atoms with Crippen LogP contribution in [0, 0.1) is 5.92 Å². The van der Waals surface area contributed by atoms with Gasteiger partial charge in [0.15, 0.2) is 0 Å². The third-order valence-corrected chi connectivity index (χ3v) is 4.92. The highest BCUT2D eigenvalue weighted by Gasteiger charge is 2.34. The molecule has 0 amide bonds. The van der Waals surface area contributed by atoms with Crippen molar-refractivity contribution in [2.75, 3.05) is 19.7 Å². The van der Waals surface area contributed by atoms with Crippen molar-refractivity contribution in [1.82, 2.24) is 4.90 Å². The molecule has 1 aromatic rings. The molecule has 3 heteroatoms. The molecule has 1 aromatic carbocycles. The van der Waals surface area contributed by atoms with Gasteiger partial charge >= 0.3 is 0 Å². The number of nitrogens with zero attached hydrogens (tertiary/aromatic N) is 1. The van der Waals surface area contributed by atoms with E-state index in [0.717, 1.165) is 18.3 Å². The molecule has 0 saturated carbocycles. The van der Waals surface area contributed by atoms with E-state index in [4.69, 9.17) is 10.5 Å². The lowest BCUT2D eigenvalue weighted by Crippen LogP contribution is -2.51. The number of nitrogens with two attached hydrogens (primary N) is 1. The van der Waals surface area contributed by atoms with Crippen LogP contribution in [0.1, 0.15) is 44.2 Å². The van der Waals surface area contributed by atoms with Crippen LogP contribution in [0.25, 0.3) is 0 Å². The van der Waals surface area contributed by atoms with Crippen LogP contribution in [-0.4, -0.2) is 30.6 Å². The number of piperidine rings is 1. The van der Waals surface area contributed by atoms with Gasteiger partial charge in [-0.05, 0) is 37.9 Å². The van der Waals surface area contributed by atoms with E-state index in [1.54, 1.807) is 0 Å². The van der Waals surface area contributed by atoms with Gasteiger partial charge in [-0.25, -0.2) is 0 Å². The summed E-state index contributed by atoms with van der Waals surface area (Å²) < 4.78 is 5.91. The summed E-state index contributed by atoms with van der Waals surface area (Å²) in [6.07, 6.45) is 5.32. The number of likely N-dealkylation sites (tertiary alicyclic amines) is 1. The fourth-order valence-electron chi connectivity index (χ4n) is 3.69. The predicted octanol–water partition coefficient (Wildman–Crippen LogP) is 2.96. The Labute approximate surface area is 122 Å². The summed E-state index contributed by atoms with van der Waals surface area (Å²) in [5.41, 5.74) is 7.66. The lowest BCUT2D eigenvalue weighted by Gasteiger charge is -2.42. The average molecular weight is 274 g/mol. The summed E-state index contributed by atoms with van der Waals surface area (Å²) in [6.45, 7) is 5.37. The Bertz CT molecular complexity index is 440. The van der Waals surface area contributed by atoms with E-state index in [0.29, 0.717) is 6.04 Å². The van der Waals surface area contributed by atoms with Crippen LogP contribution >= 0.6 is 0 Å². The number of hydrogen-bond acceptors (Lipinski definition) is 3. The van der Waals surface area contributed by atoms with Gasteiger partial charge in [0.2, 0.25) is 0 Å². The van der Waals surface area contributed by atoms with E-state index in [9.17, 15) is 0 Å². The number of benzene rings is 1. The first kappa shape index (κ1) is 13.9. The van der Waals surface area contributed by atoms with Crippen molar-refractivity contribution in [3.8, 4) is 5.75 Å². The smallest absolute Gasteiger partial charge is 0.124 e. The topological polar surface area (TPSA) is 38.5 Å². The van der Waals surface area contributed by atoms with Crippen molar-refractivity contribution in [2.24, 2.45) is 11.7 Å². The Morgan fingerprint density at radius 2 is 2.00 bits per heavy atom. The first-order valence-corrected chi connectivity index (χ1v) is 8.01. The Morgan fingerprint density at radius 1 is 1.25 bits per heavy atom. The number of fused-ring (bicyclic) bond motifs is 1. The normalized spacial score (nSPS) is 27.9. The van der Waals surface area contributed by atoms with Crippen molar-refractivity contribution in [3.05, 3.63) is 29.8 Å². The van der Waals surface area contributed by atoms with Gasteiger partial charge in [0, 0.05) is 5.56 Å². The molecule has 0 bridgehead atoms. The second-order valence-electron chi connectivity index (χ2n) is 6.21. The zero-order valence-corrected chi connectivity index (χ0v) is 12.4. The maximum absolute atomic E-state index is 6.49. The van der Waals surface area contributed by atoms with Crippen LogP contribution in [0.4, 0.5) is 0 Å². The van der Waals surface area contributed by atoms with Gasteiger partial charge < -0.3 is 10.5 Å². The number of hydrogen-bond donors (Lipinski definition) is 1. The van der Waals surface area contributed by atoms with Gasteiger partial charge in [-0.3, -0.25) is 4.90 Å². The fraction of sp³-hybridized carbons (Fsp3) is 0.647. The van der Waals surface area contributed by atoms with Crippen molar-refractivity contribution in [3.63, 3.8) is 0 Å². The fourth-order valence-corrected chi connectivity index (χ4v) is 3.69. The van der Waals surface area contributed by atoms with E-state index in [1.807, 2.05) is 12.1 Å². The highest BCUT2D eigenvalue weighted by Crippen LogP contribution is 2.34. The van der Waals surface area contributed by atoms with Crippen molar-refractivity contribution < 1.29 is 4.74 Å². The van der Waals surface area contributed by atoms with Crippen LogP contribution in [0.2, 0.25) is 0 Å². The Kier molecular flexibility index (Phi) is 4.27. The third-order valence-electron chi connectivity index (χ3n) is 4.92. The molecule has 2 aliphatic heterocycles. The molecule has 1 saturated heterocycles. The van der Waals surface area contributed by atoms with E-state index < -0.39 is 0 Å². The summed E-state index contributed by atoms with van der Waals surface area (Å²) in [5, 5.41) is 0. The summed E-state index contributed by atoms with van der Waals surface area (Å²) in [4.78, 5) is 2.55. The minimum absolute atomic E-state index is 0.0858. The molecule has 2 heterocycles. The molecule has 0 radical (unpaired) electrons. The zero-order chi connectivity index (χ0) is 13.9. The highest BCUT2D eigenvalue weighted by atomic mass is 16.5. The van der Waals surface area contributed by atoms with Crippen molar-refractivity contribution >= 4 is 0 Å². The minimum Gasteiger partial charge on any atom is -0.492 e. The number of rotatable bonds is 3. The van der Waals surface area contributed by atoms with E-state index in [1.165, 1.54) is 44.3 Å². The predicted molar refractivity (Wildman–Crippen MR) is 81.9 cm³/mol. The zero-order valence-electron chi connectivity index (χ0n) is 12.4. The molecule has 0 aliphatic carbocycles. The average Bonchev–Trinajstić information content (AvgIpc) is 2.49. The maximum atomic E-state index is 6.49. The summed E-state index contributed by atoms with van der Waals surface area (Å²) in [6, 6.07) is 8.63. The summed E-state index contributed by atoms with van der Waals surface area (Å²) in [5.74, 6) is 1.89. The molecule has 0 spiro atoms. The summed E-state index contributed by atoms with van der Waals surface area (Å²) in [7, 11) is 0. The second-order valence-corrected chi connectivity index (χ2v) is 6.21. The van der Waals surface area contributed by atoms with Crippen LogP contribution in [0.3, 0.4) is 0 Å². The molecule has 2 unspecified atom stereocenters. The monoisotopic (exact) mass is 274 g/mol. The first-order chi connectivity index (χ1) is 9.79. The lowest BCUT2D eigenvalue weighted by atomic mass is 9.89. The molecule has 110 valence electrons. The molecule has 2 N–H and O–H groups in total. The van der Waals surface area contributed by atoms with E-state index >= 15 is 0 Å². The van der Waals surface area contributed by atoms with Gasteiger partial charge in [-0.15, -0.1) is 0 Å². The SMILES string of the molecule is CCCC1CCN(C2COc3ccccc3C2N)CC1. The lowest BCUT2D eigenvalue weighted by molar-refractivity contribution is 0.0653. The Balaban J connectivity index is 1.65. The Hall–Kier alpha value is -1.06. The molecule has 3 rings (SSSR count). The number of para-hydroxylation sites is 1. The van der Waals surface area contributed by atoms with Crippen LogP contribution in [0.5, 0.6) is 5.75 Å². The van der Waals surface area contributed by atoms with E-state index in [-0.39, 0.29) is 6.04 Å². The van der Waals surface area contributed by atoms with Gasteiger partial charge in [-0.1, -0.05) is 38.0 Å². The van der Waals surface area contributed by atoms with Crippen LogP contribution in [-0.2, 0) is 0 Å². The largest absolute Gasteiger partial charge is 0.492 e. The Morgan fingerprint density at radius 3 is 2.75 bits per heavy atom. The molecule has 1 fully saturated rings. The molecule has 3 nitrogen and oxygen atoms in total. The summed E-state index contributed by atoms with van der Waals surface area (Å²) >= 11 is 0. The van der Waals surface area contributed by atoms with Crippen LogP contribution < -0.4 is 10.5 Å². The number of ether oxygens (including phenoxy) is 1. The van der Waals surface area contributed by atoms with E-state index in [2.05, 4.69) is 24.0 Å². The van der Waals surface area contributed by atoms with Gasteiger partial charge in [0.1, 0.15) is 12.4 Å². The highest BCUT2D eigenvalue weighted by molar-refractivity contribution is 5.38. The van der Waals surface area contributed by atoms with Crippen molar-refractivity contribution in [1.29, 1.82) is 0 Å². The molecule has 20 heavy (non-hydrogen) atoms. The van der Waals surface area contributed by atoms with Gasteiger partial charge in [0.25, 0.3) is 0 Å². The second kappa shape index (κ2) is 6.15. The third kappa shape index (κ3) is 2.70. The first-order valence-electron chi connectivity index (χ1n) is 8.01. The molecule has 2 aliphatic rings. The molecule has 2 atom stereocenters. The molecule has 0 aromatic heterocycles. The molecular weight excluding hydrogens is 248 g/mol.